The number of carbonyl (C=O) groups excluding carboxylic acids is 1. The molecule has 0 atom stereocenters. The van der Waals surface area contributed by atoms with E-state index in [-0.39, 0.29) is 0 Å². The van der Waals surface area contributed by atoms with E-state index in [1.165, 1.54) is 12.8 Å². The second-order valence-corrected chi connectivity index (χ2v) is 5.57. The standard InChI is InChI=1S/C15H21N3O/c16-13-3-1-2-4-14(13)17-7-9-18(10-8-17)15(19)11-12-5-6-12/h1-4,12H,5-11,16H2. The first-order valence-electron chi connectivity index (χ1n) is 7.11. The van der Waals surface area contributed by atoms with Crippen molar-refractivity contribution in [1.82, 2.24) is 4.90 Å². The van der Waals surface area contributed by atoms with E-state index in [2.05, 4.69) is 11.0 Å². The summed E-state index contributed by atoms with van der Waals surface area (Å²) in [7, 11) is 0. The van der Waals surface area contributed by atoms with E-state index < -0.39 is 0 Å². The predicted molar refractivity (Wildman–Crippen MR) is 77.0 cm³/mol. The molecule has 2 N–H and O–H groups in total. The third-order valence-corrected chi connectivity index (χ3v) is 4.07. The van der Waals surface area contributed by atoms with Crippen molar-refractivity contribution in [2.24, 2.45) is 5.92 Å². The molecule has 0 radical (unpaired) electrons. The van der Waals surface area contributed by atoms with E-state index in [1.54, 1.807) is 0 Å². The zero-order valence-electron chi connectivity index (χ0n) is 11.2. The Kier molecular flexibility index (Phi) is 3.32. The molecule has 1 aromatic rings. The Balaban J connectivity index is 1.57. The molecule has 3 rings (SSSR count). The Hall–Kier alpha value is -1.71. The first-order chi connectivity index (χ1) is 9.24. The van der Waals surface area contributed by atoms with Gasteiger partial charge in [-0.3, -0.25) is 4.79 Å². The molecule has 1 heterocycles. The summed E-state index contributed by atoms with van der Waals surface area (Å²) in [5.74, 6) is 1.01. The molecule has 4 nitrogen and oxygen atoms in total. The molecule has 0 aromatic heterocycles. The molecule has 2 aliphatic rings. The Bertz CT molecular complexity index is 462. The molecule has 0 spiro atoms. The Morgan fingerprint density at radius 1 is 1.16 bits per heavy atom. The van der Waals surface area contributed by atoms with Crippen molar-refractivity contribution in [2.45, 2.75) is 19.3 Å². The minimum atomic E-state index is 0.336. The van der Waals surface area contributed by atoms with E-state index in [0.717, 1.165) is 44.0 Å². The number of piperazine rings is 1. The molecule has 1 saturated heterocycles. The zero-order chi connectivity index (χ0) is 13.2. The van der Waals surface area contributed by atoms with Gasteiger partial charge in [0.2, 0.25) is 5.91 Å². The number of nitrogen functional groups attached to an aromatic ring is 1. The topological polar surface area (TPSA) is 49.6 Å². The van der Waals surface area contributed by atoms with Crippen LogP contribution in [0.25, 0.3) is 0 Å². The number of anilines is 2. The van der Waals surface area contributed by atoms with Crippen molar-refractivity contribution >= 4 is 17.3 Å². The van der Waals surface area contributed by atoms with Crippen LogP contribution in [-0.2, 0) is 4.79 Å². The molecule has 1 aliphatic heterocycles. The van der Waals surface area contributed by atoms with Gasteiger partial charge in [-0.1, -0.05) is 12.1 Å². The zero-order valence-corrected chi connectivity index (χ0v) is 11.2. The van der Waals surface area contributed by atoms with E-state index in [4.69, 9.17) is 5.73 Å². The smallest absolute Gasteiger partial charge is 0.222 e. The molecular weight excluding hydrogens is 238 g/mol. The molecule has 4 heteroatoms. The Morgan fingerprint density at radius 3 is 2.47 bits per heavy atom. The highest BCUT2D eigenvalue weighted by Crippen LogP contribution is 2.33. The van der Waals surface area contributed by atoms with Gasteiger partial charge in [0.15, 0.2) is 0 Å². The number of hydrogen-bond acceptors (Lipinski definition) is 3. The number of para-hydroxylation sites is 2. The molecule has 2 fully saturated rings. The normalized spacial score (nSPS) is 19.6. The van der Waals surface area contributed by atoms with Crippen LogP contribution in [-0.4, -0.2) is 37.0 Å². The molecular formula is C15H21N3O. The van der Waals surface area contributed by atoms with Crippen molar-refractivity contribution in [1.29, 1.82) is 0 Å². The lowest BCUT2D eigenvalue weighted by Gasteiger charge is -2.36. The summed E-state index contributed by atoms with van der Waals surface area (Å²) in [5, 5.41) is 0. The third kappa shape index (κ3) is 2.83. The van der Waals surface area contributed by atoms with Gasteiger partial charge in [0.1, 0.15) is 0 Å². The van der Waals surface area contributed by atoms with Gasteiger partial charge in [0.25, 0.3) is 0 Å². The largest absolute Gasteiger partial charge is 0.397 e. The highest BCUT2D eigenvalue weighted by Gasteiger charge is 2.28. The van der Waals surface area contributed by atoms with Gasteiger partial charge in [0, 0.05) is 32.6 Å². The van der Waals surface area contributed by atoms with Crippen LogP contribution in [0.4, 0.5) is 11.4 Å². The predicted octanol–water partition coefficient (Wildman–Crippen LogP) is 1.72. The number of benzene rings is 1. The number of amides is 1. The highest BCUT2D eigenvalue weighted by atomic mass is 16.2. The molecule has 1 amide bonds. The minimum absolute atomic E-state index is 0.336. The van der Waals surface area contributed by atoms with Crippen LogP contribution in [0.5, 0.6) is 0 Å². The van der Waals surface area contributed by atoms with Crippen LogP contribution in [0.2, 0.25) is 0 Å². The summed E-state index contributed by atoms with van der Waals surface area (Å²) in [6.45, 7) is 3.40. The van der Waals surface area contributed by atoms with Crippen LogP contribution in [0.15, 0.2) is 24.3 Å². The van der Waals surface area contributed by atoms with Crippen molar-refractivity contribution in [3.8, 4) is 0 Å². The Labute approximate surface area is 114 Å². The van der Waals surface area contributed by atoms with Gasteiger partial charge in [-0.2, -0.15) is 0 Å². The van der Waals surface area contributed by atoms with Crippen molar-refractivity contribution in [2.75, 3.05) is 36.8 Å². The van der Waals surface area contributed by atoms with Gasteiger partial charge < -0.3 is 15.5 Å². The number of nitrogens with zero attached hydrogens (tertiary/aromatic N) is 2. The van der Waals surface area contributed by atoms with Crippen molar-refractivity contribution in [3.63, 3.8) is 0 Å². The fourth-order valence-electron chi connectivity index (χ4n) is 2.67. The van der Waals surface area contributed by atoms with E-state index >= 15 is 0 Å². The highest BCUT2D eigenvalue weighted by molar-refractivity contribution is 5.77. The third-order valence-electron chi connectivity index (χ3n) is 4.07. The maximum atomic E-state index is 12.0. The van der Waals surface area contributed by atoms with Crippen LogP contribution < -0.4 is 10.6 Å². The van der Waals surface area contributed by atoms with Gasteiger partial charge >= 0.3 is 0 Å². The fourth-order valence-corrected chi connectivity index (χ4v) is 2.67. The quantitative estimate of drug-likeness (QED) is 0.841. The fraction of sp³-hybridized carbons (Fsp3) is 0.533. The second-order valence-electron chi connectivity index (χ2n) is 5.57. The molecule has 1 aliphatic carbocycles. The molecule has 19 heavy (non-hydrogen) atoms. The molecule has 0 unspecified atom stereocenters. The lowest BCUT2D eigenvalue weighted by Crippen LogP contribution is -2.49. The Morgan fingerprint density at radius 2 is 1.84 bits per heavy atom. The molecule has 102 valence electrons. The van der Waals surface area contributed by atoms with Crippen LogP contribution in [0.3, 0.4) is 0 Å². The second kappa shape index (κ2) is 5.11. The van der Waals surface area contributed by atoms with E-state index in [9.17, 15) is 4.79 Å². The molecule has 1 saturated carbocycles. The molecule has 0 bridgehead atoms. The summed E-state index contributed by atoms with van der Waals surface area (Å²) in [4.78, 5) is 16.3. The van der Waals surface area contributed by atoms with Crippen molar-refractivity contribution in [3.05, 3.63) is 24.3 Å². The van der Waals surface area contributed by atoms with Gasteiger partial charge in [0.05, 0.1) is 11.4 Å². The molecule has 1 aromatic carbocycles. The summed E-state index contributed by atoms with van der Waals surface area (Å²) >= 11 is 0. The van der Waals surface area contributed by atoms with E-state index in [0.29, 0.717) is 11.8 Å². The average molecular weight is 259 g/mol. The first-order valence-corrected chi connectivity index (χ1v) is 7.11. The monoisotopic (exact) mass is 259 g/mol. The lowest BCUT2D eigenvalue weighted by atomic mass is 10.2. The van der Waals surface area contributed by atoms with Gasteiger partial charge in [-0.15, -0.1) is 0 Å². The van der Waals surface area contributed by atoms with E-state index in [1.807, 2.05) is 23.1 Å². The summed E-state index contributed by atoms with van der Waals surface area (Å²) in [6.07, 6.45) is 3.24. The van der Waals surface area contributed by atoms with Crippen LogP contribution in [0, 0.1) is 5.92 Å². The minimum Gasteiger partial charge on any atom is -0.397 e. The lowest BCUT2D eigenvalue weighted by molar-refractivity contribution is -0.131. The summed E-state index contributed by atoms with van der Waals surface area (Å²) in [6, 6.07) is 7.95. The number of hydrogen-bond donors (Lipinski definition) is 1. The average Bonchev–Trinajstić information content (AvgIpc) is 3.23. The van der Waals surface area contributed by atoms with Crippen LogP contribution in [0.1, 0.15) is 19.3 Å². The summed E-state index contributed by atoms with van der Waals surface area (Å²) < 4.78 is 0. The maximum absolute atomic E-state index is 12.0. The number of rotatable bonds is 3. The first kappa shape index (κ1) is 12.3. The number of nitrogens with two attached hydrogens (primary N) is 1. The van der Waals surface area contributed by atoms with Crippen LogP contribution >= 0.6 is 0 Å². The summed E-state index contributed by atoms with van der Waals surface area (Å²) in [5.41, 5.74) is 7.91. The SMILES string of the molecule is Nc1ccccc1N1CCN(C(=O)CC2CC2)CC1. The van der Waals surface area contributed by atoms with Crippen molar-refractivity contribution < 1.29 is 4.79 Å². The van der Waals surface area contributed by atoms with Gasteiger partial charge in [-0.05, 0) is 30.9 Å². The van der Waals surface area contributed by atoms with Gasteiger partial charge in [-0.25, -0.2) is 0 Å². The maximum Gasteiger partial charge on any atom is 0.222 e. The number of carbonyl (C=O) groups is 1.